The summed E-state index contributed by atoms with van der Waals surface area (Å²) >= 11 is 6.00. The molecule has 1 aromatic carbocycles. The van der Waals surface area contributed by atoms with Gasteiger partial charge in [0, 0.05) is 17.7 Å². The van der Waals surface area contributed by atoms with E-state index in [1.54, 1.807) is 0 Å². The van der Waals surface area contributed by atoms with Crippen molar-refractivity contribution in [2.24, 2.45) is 0 Å². The lowest BCUT2D eigenvalue weighted by molar-refractivity contribution is -0.0363. The second-order valence-corrected chi connectivity index (χ2v) is 5.15. The van der Waals surface area contributed by atoms with E-state index in [1.807, 2.05) is 32.2 Å². The predicted octanol–water partition coefficient (Wildman–Crippen LogP) is 3.29. The van der Waals surface area contributed by atoms with Gasteiger partial charge in [0.05, 0.1) is 5.60 Å². The number of ether oxygens (including phenoxy) is 1. The lowest BCUT2D eigenvalue weighted by Gasteiger charge is -2.34. The van der Waals surface area contributed by atoms with Gasteiger partial charge in [-0.1, -0.05) is 23.7 Å². The maximum absolute atomic E-state index is 6.00. The van der Waals surface area contributed by atoms with Crippen molar-refractivity contribution in [2.45, 2.75) is 38.8 Å². The largest absolute Gasteiger partial charge is 0.374 e. The summed E-state index contributed by atoms with van der Waals surface area (Å²) < 4.78 is 5.79. The van der Waals surface area contributed by atoms with Gasteiger partial charge in [-0.3, -0.25) is 0 Å². The normalized spacial score (nSPS) is 13.7. The minimum atomic E-state index is -0.189. The molecule has 0 bridgehead atoms. The molecule has 1 aromatic rings. The number of rotatable bonds is 6. The zero-order chi connectivity index (χ0) is 12.9. The van der Waals surface area contributed by atoms with Gasteiger partial charge < -0.3 is 10.1 Å². The molecule has 0 aliphatic heterocycles. The first kappa shape index (κ1) is 14.5. The van der Waals surface area contributed by atoms with Gasteiger partial charge >= 0.3 is 0 Å². The van der Waals surface area contributed by atoms with Crippen LogP contribution in [0.5, 0.6) is 0 Å². The average molecular weight is 256 g/mol. The van der Waals surface area contributed by atoms with Crippen molar-refractivity contribution in [2.75, 3.05) is 13.7 Å². The van der Waals surface area contributed by atoms with E-state index in [0.29, 0.717) is 0 Å². The van der Waals surface area contributed by atoms with E-state index in [4.69, 9.17) is 16.3 Å². The van der Waals surface area contributed by atoms with Crippen LogP contribution in [0.1, 0.15) is 26.3 Å². The average Bonchev–Trinajstić information content (AvgIpc) is 2.25. The molecule has 0 aromatic heterocycles. The van der Waals surface area contributed by atoms with Crippen LogP contribution < -0.4 is 5.32 Å². The van der Waals surface area contributed by atoms with E-state index >= 15 is 0 Å². The Morgan fingerprint density at radius 1 is 1.41 bits per heavy atom. The smallest absolute Gasteiger partial charge is 0.0781 e. The van der Waals surface area contributed by atoms with Crippen molar-refractivity contribution >= 4 is 11.6 Å². The first-order valence-electron chi connectivity index (χ1n) is 6.05. The SMILES string of the molecule is CCOC(C)(C)C(Cc1cccc(Cl)c1)NC. The molecule has 0 heterocycles. The summed E-state index contributed by atoms with van der Waals surface area (Å²) in [6.45, 7) is 6.97. The Bertz CT molecular complexity index is 352. The standard InChI is InChI=1S/C14H22ClNO/c1-5-17-14(2,3)13(16-4)10-11-7-6-8-12(15)9-11/h6-9,13,16H,5,10H2,1-4H3. The molecule has 0 fully saturated rings. The van der Waals surface area contributed by atoms with Crippen LogP contribution in [0.2, 0.25) is 5.02 Å². The fraction of sp³-hybridized carbons (Fsp3) is 0.571. The Labute approximate surface area is 109 Å². The topological polar surface area (TPSA) is 21.3 Å². The predicted molar refractivity (Wildman–Crippen MR) is 73.7 cm³/mol. The van der Waals surface area contributed by atoms with Gasteiger partial charge in [0.25, 0.3) is 0 Å². The molecule has 0 radical (unpaired) electrons. The minimum absolute atomic E-state index is 0.189. The van der Waals surface area contributed by atoms with Gasteiger partial charge in [0.2, 0.25) is 0 Å². The Kier molecular flexibility index (Phi) is 5.44. The van der Waals surface area contributed by atoms with Gasteiger partial charge in [-0.2, -0.15) is 0 Å². The quantitative estimate of drug-likeness (QED) is 0.842. The summed E-state index contributed by atoms with van der Waals surface area (Å²) in [7, 11) is 1.97. The lowest BCUT2D eigenvalue weighted by atomic mass is 9.92. The van der Waals surface area contributed by atoms with Crippen molar-refractivity contribution < 1.29 is 4.74 Å². The highest BCUT2D eigenvalue weighted by atomic mass is 35.5. The molecular weight excluding hydrogens is 234 g/mol. The Morgan fingerprint density at radius 3 is 2.65 bits per heavy atom. The molecule has 1 unspecified atom stereocenters. The monoisotopic (exact) mass is 255 g/mol. The van der Waals surface area contributed by atoms with Crippen LogP contribution >= 0.6 is 11.6 Å². The molecule has 1 atom stereocenters. The highest BCUT2D eigenvalue weighted by Gasteiger charge is 2.28. The Balaban J connectivity index is 2.76. The fourth-order valence-electron chi connectivity index (χ4n) is 2.07. The van der Waals surface area contributed by atoms with E-state index in [0.717, 1.165) is 18.1 Å². The van der Waals surface area contributed by atoms with Crippen LogP contribution in [-0.2, 0) is 11.2 Å². The van der Waals surface area contributed by atoms with E-state index < -0.39 is 0 Å². The van der Waals surface area contributed by atoms with Gasteiger partial charge in [-0.05, 0) is 51.9 Å². The highest BCUT2D eigenvalue weighted by Crippen LogP contribution is 2.20. The van der Waals surface area contributed by atoms with Crippen molar-refractivity contribution in [3.63, 3.8) is 0 Å². The van der Waals surface area contributed by atoms with Crippen LogP contribution in [0, 0.1) is 0 Å². The highest BCUT2D eigenvalue weighted by molar-refractivity contribution is 6.30. The van der Waals surface area contributed by atoms with Crippen LogP contribution in [-0.4, -0.2) is 25.3 Å². The molecule has 2 nitrogen and oxygen atoms in total. The summed E-state index contributed by atoms with van der Waals surface area (Å²) in [5, 5.41) is 4.11. The maximum Gasteiger partial charge on any atom is 0.0781 e. The number of hydrogen-bond acceptors (Lipinski definition) is 2. The third kappa shape index (κ3) is 4.30. The number of nitrogens with one attached hydrogen (secondary N) is 1. The van der Waals surface area contributed by atoms with E-state index in [2.05, 4.69) is 25.2 Å². The number of benzene rings is 1. The zero-order valence-corrected chi connectivity index (χ0v) is 11.8. The molecule has 0 aliphatic carbocycles. The van der Waals surface area contributed by atoms with Gasteiger partial charge in [-0.25, -0.2) is 0 Å². The molecule has 3 heteroatoms. The molecule has 1 N–H and O–H groups in total. The van der Waals surface area contributed by atoms with Crippen LogP contribution in [0.3, 0.4) is 0 Å². The van der Waals surface area contributed by atoms with E-state index in [9.17, 15) is 0 Å². The third-order valence-corrected chi connectivity index (χ3v) is 3.27. The summed E-state index contributed by atoms with van der Waals surface area (Å²) in [5.74, 6) is 0. The number of halogens is 1. The van der Waals surface area contributed by atoms with Crippen LogP contribution in [0.25, 0.3) is 0 Å². The molecule has 0 aliphatic rings. The molecule has 0 saturated heterocycles. The molecule has 0 spiro atoms. The number of hydrogen-bond donors (Lipinski definition) is 1. The Morgan fingerprint density at radius 2 is 2.12 bits per heavy atom. The molecule has 0 saturated carbocycles. The Hall–Kier alpha value is -0.570. The molecule has 1 rings (SSSR count). The third-order valence-electron chi connectivity index (χ3n) is 3.03. The second kappa shape index (κ2) is 6.39. The van der Waals surface area contributed by atoms with E-state index in [1.165, 1.54) is 5.56 Å². The van der Waals surface area contributed by atoms with Crippen molar-refractivity contribution in [3.8, 4) is 0 Å². The number of likely N-dealkylation sites (N-methyl/N-ethyl adjacent to an activating group) is 1. The molecule has 17 heavy (non-hydrogen) atoms. The first-order valence-corrected chi connectivity index (χ1v) is 6.43. The van der Waals surface area contributed by atoms with Crippen molar-refractivity contribution in [1.29, 1.82) is 0 Å². The van der Waals surface area contributed by atoms with Gasteiger partial charge in [0.15, 0.2) is 0 Å². The lowest BCUT2D eigenvalue weighted by Crippen LogP contribution is -2.48. The van der Waals surface area contributed by atoms with Crippen LogP contribution in [0.15, 0.2) is 24.3 Å². The molecule has 96 valence electrons. The van der Waals surface area contributed by atoms with E-state index in [-0.39, 0.29) is 11.6 Å². The fourth-order valence-corrected chi connectivity index (χ4v) is 2.28. The summed E-state index contributed by atoms with van der Waals surface area (Å²) in [6, 6.07) is 8.25. The maximum atomic E-state index is 6.00. The van der Waals surface area contributed by atoms with Crippen molar-refractivity contribution in [3.05, 3.63) is 34.9 Å². The van der Waals surface area contributed by atoms with Gasteiger partial charge in [-0.15, -0.1) is 0 Å². The zero-order valence-electron chi connectivity index (χ0n) is 11.1. The summed E-state index contributed by atoms with van der Waals surface area (Å²) in [4.78, 5) is 0. The first-order chi connectivity index (χ1) is 7.99. The second-order valence-electron chi connectivity index (χ2n) is 4.71. The van der Waals surface area contributed by atoms with Gasteiger partial charge in [0.1, 0.15) is 0 Å². The summed E-state index contributed by atoms with van der Waals surface area (Å²) in [6.07, 6.45) is 0.907. The van der Waals surface area contributed by atoms with Crippen molar-refractivity contribution in [1.82, 2.24) is 5.32 Å². The van der Waals surface area contributed by atoms with Crippen LogP contribution in [0.4, 0.5) is 0 Å². The molecular formula is C14H22ClNO. The molecule has 0 amide bonds. The minimum Gasteiger partial charge on any atom is -0.374 e. The summed E-state index contributed by atoms with van der Waals surface area (Å²) in [5.41, 5.74) is 1.04.